The van der Waals surface area contributed by atoms with Crippen LogP contribution >= 0.6 is 15.9 Å². The van der Waals surface area contributed by atoms with Crippen LogP contribution in [0, 0.1) is 22.7 Å². The van der Waals surface area contributed by atoms with Gasteiger partial charge >= 0.3 is 0 Å². The first-order valence-corrected chi connectivity index (χ1v) is 7.35. The van der Waals surface area contributed by atoms with Crippen molar-refractivity contribution in [3.8, 4) is 0 Å². The number of carbonyl (C=O) groups is 4. The van der Waals surface area contributed by atoms with Gasteiger partial charge in [0, 0.05) is 11.2 Å². The third kappa shape index (κ3) is 2.33. The molecule has 0 saturated heterocycles. The lowest BCUT2D eigenvalue weighted by molar-refractivity contribution is -0.162. The average molecular weight is 331 g/mol. The SMILES string of the molecule is CC(CBr)C(=O)C1C(=O)C(C)(C)C(=O)C(C)(C)C1=O. The first kappa shape index (κ1) is 16.2. The van der Waals surface area contributed by atoms with Crippen LogP contribution in [0.4, 0.5) is 0 Å². The van der Waals surface area contributed by atoms with Crippen molar-refractivity contribution < 1.29 is 19.2 Å². The molecule has 0 radical (unpaired) electrons. The zero-order valence-corrected chi connectivity index (χ0v) is 13.5. The predicted molar refractivity (Wildman–Crippen MR) is 74.0 cm³/mol. The quantitative estimate of drug-likeness (QED) is 0.586. The molecule has 0 N–H and O–H groups in total. The molecule has 0 heterocycles. The normalized spacial score (nSPS) is 24.4. The van der Waals surface area contributed by atoms with Gasteiger partial charge in [-0.1, -0.05) is 22.9 Å². The van der Waals surface area contributed by atoms with Gasteiger partial charge in [-0.15, -0.1) is 0 Å². The Hall–Kier alpha value is -0.840. The fourth-order valence-corrected chi connectivity index (χ4v) is 2.78. The lowest BCUT2D eigenvalue weighted by atomic mass is 9.57. The molecule has 4 nitrogen and oxygen atoms in total. The van der Waals surface area contributed by atoms with Crippen molar-refractivity contribution in [3.63, 3.8) is 0 Å². The summed E-state index contributed by atoms with van der Waals surface area (Å²) in [5.41, 5.74) is -2.58. The summed E-state index contributed by atoms with van der Waals surface area (Å²) in [6.45, 7) is 7.62. The summed E-state index contributed by atoms with van der Waals surface area (Å²) in [5, 5.41) is 0.387. The molecule has 0 spiro atoms. The van der Waals surface area contributed by atoms with Crippen LogP contribution in [0.25, 0.3) is 0 Å². The number of hydrogen-bond donors (Lipinski definition) is 0. The Balaban J connectivity index is 3.33. The number of carbonyl (C=O) groups excluding carboxylic acids is 4. The molecule has 106 valence electrons. The van der Waals surface area contributed by atoms with E-state index in [0.29, 0.717) is 5.33 Å². The highest BCUT2D eigenvalue weighted by molar-refractivity contribution is 9.09. The minimum atomic E-state index is -1.31. The number of ketones is 4. The second kappa shape index (κ2) is 4.93. The van der Waals surface area contributed by atoms with E-state index >= 15 is 0 Å². The fourth-order valence-electron chi connectivity index (χ4n) is 2.46. The molecule has 1 fully saturated rings. The maximum atomic E-state index is 12.3. The summed E-state index contributed by atoms with van der Waals surface area (Å²) in [6.07, 6.45) is 0. The highest BCUT2D eigenvalue weighted by Gasteiger charge is 2.60. The molecule has 5 heteroatoms. The topological polar surface area (TPSA) is 68.3 Å². The Kier molecular flexibility index (Phi) is 4.20. The molecule has 0 aliphatic heterocycles. The van der Waals surface area contributed by atoms with Gasteiger partial charge in [-0.3, -0.25) is 19.2 Å². The molecular weight excluding hydrogens is 312 g/mol. The third-order valence-electron chi connectivity index (χ3n) is 3.89. The number of rotatable bonds is 3. The van der Waals surface area contributed by atoms with Crippen molar-refractivity contribution in [2.75, 3.05) is 5.33 Å². The zero-order chi connectivity index (χ0) is 15.2. The molecule has 1 aliphatic carbocycles. The van der Waals surface area contributed by atoms with Gasteiger partial charge in [-0.25, -0.2) is 0 Å². The summed E-state index contributed by atoms with van der Waals surface area (Å²) in [4.78, 5) is 49.2. The number of halogens is 1. The summed E-state index contributed by atoms with van der Waals surface area (Å²) in [7, 11) is 0. The maximum absolute atomic E-state index is 12.3. The molecule has 0 aromatic heterocycles. The van der Waals surface area contributed by atoms with E-state index < -0.39 is 45.8 Å². The summed E-state index contributed by atoms with van der Waals surface area (Å²) in [6, 6.07) is 0. The van der Waals surface area contributed by atoms with Crippen molar-refractivity contribution >= 4 is 39.1 Å². The van der Waals surface area contributed by atoms with Crippen LogP contribution in [-0.2, 0) is 19.2 Å². The van der Waals surface area contributed by atoms with Crippen LogP contribution in [0.1, 0.15) is 34.6 Å². The van der Waals surface area contributed by atoms with Gasteiger partial charge in [0.25, 0.3) is 0 Å². The molecule has 1 unspecified atom stereocenters. The minimum absolute atomic E-state index is 0.387. The number of hydrogen-bond acceptors (Lipinski definition) is 4. The summed E-state index contributed by atoms with van der Waals surface area (Å²) in [5.74, 6) is -3.70. The Labute approximate surface area is 121 Å². The molecule has 19 heavy (non-hydrogen) atoms. The van der Waals surface area contributed by atoms with Crippen molar-refractivity contribution in [1.29, 1.82) is 0 Å². The maximum Gasteiger partial charge on any atom is 0.163 e. The van der Waals surface area contributed by atoms with Crippen LogP contribution in [-0.4, -0.2) is 28.5 Å². The van der Waals surface area contributed by atoms with E-state index in [1.807, 2.05) is 0 Å². The smallest absolute Gasteiger partial charge is 0.163 e. The van der Waals surface area contributed by atoms with Crippen molar-refractivity contribution in [2.45, 2.75) is 34.6 Å². The highest BCUT2D eigenvalue weighted by atomic mass is 79.9. The lowest BCUT2D eigenvalue weighted by Gasteiger charge is -2.40. The van der Waals surface area contributed by atoms with Crippen molar-refractivity contribution in [1.82, 2.24) is 0 Å². The average Bonchev–Trinajstić information content (AvgIpc) is 2.34. The van der Waals surface area contributed by atoms with Gasteiger partial charge in [0.05, 0.1) is 10.8 Å². The molecule has 0 amide bonds. The molecule has 0 aromatic rings. The van der Waals surface area contributed by atoms with E-state index in [9.17, 15) is 19.2 Å². The number of alkyl halides is 1. The second-order valence-electron chi connectivity index (χ2n) is 6.20. The van der Waals surface area contributed by atoms with Gasteiger partial charge in [-0.2, -0.15) is 0 Å². The molecular formula is C14H19BrO4. The van der Waals surface area contributed by atoms with E-state index in [-0.39, 0.29) is 0 Å². The summed E-state index contributed by atoms with van der Waals surface area (Å²) < 4.78 is 0. The second-order valence-corrected chi connectivity index (χ2v) is 6.85. The van der Waals surface area contributed by atoms with E-state index in [0.717, 1.165) is 0 Å². The van der Waals surface area contributed by atoms with Crippen LogP contribution in [0.3, 0.4) is 0 Å². The molecule has 1 saturated carbocycles. The Bertz CT molecular complexity index is 432. The highest BCUT2D eigenvalue weighted by Crippen LogP contribution is 2.41. The van der Waals surface area contributed by atoms with E-state index in [1.54, 1.807) is 6.92 Å². The Morgan fingerprint density at radius 2 is 1.47 bits per heavy atom. The van der Waals surface area contributed by atoms with Crippen LogP contribution < -0.4 is 0 Å². The minimum Gasteiger partial charge on any atom is -0.298 e. The molecule has 0 aromatic carbocycles. The predicted octanol–water partition coefficient (Wildman–Crippen LogP) is 1.98. The lowest BCUT2D eigenvalue weighted by Crippen LogP contribution is -2.59. The number of Topliss-reactive ketones (excluding diaryl/α,β-unsaturated/α-hetero) is 4. The van der Waals surface area contributed by atoms with Crippen molar-refractivity contribution in [2.24, 2.45) is 22.7 Å². The van der Waals surface area contributed by atoms with Crippen LogP contribution in [0.2, 0.25) is 0 Å². The first-order valence-electron chi connectivity index (χ1n) is 6.22. The van der Waals surface area contributed by atoms with E-state index in [2.05, 4.69) is 15.9 Å². The Morgan fingerprint density at radius 1 is 1.11 bits per heavy atom. The van der Waals surface area contributed by atoms with Gasteiger partial charge < -0.3 is 0 Å². The Morgan fingerprint density at radius 3 is 1.79 bits per heavy atom. The molecule has 1 rings (SSSR count). The first-order chi connectivity index (χ1) is 8.49. The molecule has 1 aliphatic rings. The largest absolute Gasteiger partial charge is 0.298 e. The van der Waals surface area contributed by atoms with Gasteiger partial charge in [0.15, 0.2) is 23.1 Å². The van der Waals surface area contributed by atoms with Gasteiger partial charge in [0.1, 0.15) is 5.92 Å². The van der Waals surface area contributed by atoms with Gasteiger partial charge in [0.2, 0.25) is 0 Å². The summed E-state index contributed by atoms with van der Waals surface area (Å²) >= 11 is 3.18. The van der Waals surface area contributed by atoms with Crippen LogP contribution in [0.15, 0.2) is 0 Å². The third-order valence-corrected chi connectivity index (χ3v) is 4.86. The molecule has 0 bridgehead atoms. The zero-order valence-electron chi connectivity index (χ0n) is 11.9. The monoisotopic (exact) mass is 330 g/mol. The van der Waals surface area contributed by atoms with Crippen LogP contribution in [0.5, 0.6) is 0 Å². The standard InChI is InChI=1S/C14H19BrO4/c1-7(6-15)9(16)8-10(17)13(2,3)12(19)14(4,5)11(8)18/h7-8H,6H2,1-5H3. The fraction of sp³-hybridized carbons (Fsp3) is 0.714. The van der Waals surface area contributed by atoms with Gasteiger partial charge in [-0.05, 0) is 27.7 Å². The van der Waals surface area contributed by atoms with E-state index in [1.165, 1.54) is 27.7 Å². The molecule has 1 atom stereocenters. The van der Waals surface area contributed by atoms with Crippen molar-refractivity contribution in [3.05, 3.63) is 0 Å². The van der Waals surface area contributed by atoms with E-state index in [4.69, 9.17) is 0 Å².